The van der Waals surface area contributed by atoms with E-state index in [1.165, 1.54) is 61.6 Å². The molecule has 0 saturated heterocycles. The zero-order valence-electron chi connectivity index (χ0n) is 14.9. The highest BCUT2D eigenvalue weighted by Gasteiger charge is 2.29. The molecule has 2 aromatic rings. The summed E-state index contributed by atoms with van der Waals surface area (Å²) < 4.78 is 13.1. The monoisotopic (exact) mass is 334 g/mol. The van der Waals surface area contributed by atoms with Crippen LogP contribution in [0, 0.1) is 23.6 Å². The lowest BCUT2D eigenvalue weighted by Gasteiger charge is -2.36. The maximum Gasteiger partial charge on any atom is 0.123 e. The van der Waals surface area contributed by atoms with Crippen molar-refractivity contribution in [3.8, 4) is 11.1 Å². The second-order valence-corrected chi connectivity index (χ2v) is 7.90. The zero-order chi connectivity index (χ0) is 17.2. The lowest BCUT2D eigenvalue weighted by molar-refractivity contribution is 0.206. The van der Waals surface area contributed by atoms with Crippen LogP contribution >= 0.6 is 0 Å². The van der Waals surface area contributed by atoms with Gasteiger partial charge in [0.05, 0.1) is 0 Å². The van der Waals surface area contributed by atoms with Crippen LogP contribution in [0.4, 0.5) is 4.39 Å². The highest BCUT2D eigenvalue weighted by Crippen LogP contribution is 2.40. The van der Waals surface area contributed by atoms with E-state index < -0.39 is 0 Å². The lowest BCUT2D eigenvalue weighted by Crippen LogP contribution is -2.26. The lowest BCUT2D eigenvalue weighted by atomic mass is 9.69. The fraction of sp³-hybridized carbons (Fsp3) is 0.417. The number of allylic oxidation sites excluding steroid dienone is 1. The van der Waals surface area contributed by atoms with Gasteiger partial charge in [-0.1, -0.05) is 36.4 Å². The van der Waals surface area contributed by atoms with E-state index in [1.807, 2.05) is 12.1 Å². The number of benzene rings is 2. The number of hydrogen-bond donors (Lipinski definition) is 0. The SMILES string of the molecule is C=CC1CCC(C2CCc3cc(-c4ccc(F)cc4)ccc3C2)CC1. The zero-order valence-corrected chi connectivity index (χ0v) is 14.9. The molecule has 0 aromatic heterocycles. The molecule has 1 saturated carbocycles. The summed E-state index contributed by atoms with van der Waals surface area (Å²) in [5.74, 6) is 2.34. The third kappa shape index (κ3) is 3.56. The van der Waals surface area contributed by atoms with Crippen molar-refractivity contribution in [2.75, 3.05) is 0 Å². The quantitative estimate of drug-likeness (QED) is 0.555. The number of hydrogen-bond acceptors (Lipinski definition) is 0. The second kappa shape index (κ2) is 7.15. The van der Waals surface area contributed by atoms with Gasteiger partial charge in [0.15, 0.2) is 0 Å². The minimum absolute atomic E-state index is 0.171. The molecule has 0 amide bonds. The molecule has 0 spiro atoms. The molecule has 1 fully saturated rings. The molecule has 0 heterocycles. The van der Waals surface area contributed by atoms with Crippen LogP contribution in [0.25, 0.3) is 11.1 Å². The predicted octanol–water partition coefficient (Wildman–Crippen LogP) is 6.59. The van der Waals surface area contributed by atoms with Gasteiger partial charge in [0.1, 0.15) is 5.82 Å². The van der Waals surface area contributed by atoms with Gasteiger partial charge < -0.3 is 0 Å². The topological polar surface area (TPSA) is 0 Å². The minimum atomic E-state index is -0.171. The Morgan fingerprint density at radius 2 is 1.52 bits per heavy atom. The van der Waals surface area contributed by atoms with Crippen molar-refractivity contribution in [2.45, 2.75) is 44.9 Å². The van der Waals surface area contributed by atoms with Crippen molar-refractivity contribution < 1.29 is 4.39 Å². The van der Waals surface area contributed by atoms with E-state index in [0.717, 1.165) is 23.3 Å². The molecule has 0 radical (unpaired) electrons. The van der Waals surface area contributed by atoms with E-state index in [4.69, 9.17) is 0 Å². The molecule has 1 heteroatoms. The number of fused-ring (bicyclic) bond motifs is 1. The van der Waals surface area contributed by atoms with Crippen LogP contribution in [0.3, 0.4) is 0 Å². The highest BCUT2D eigenvalue weighted by molar-refractivity contribution is 5.65. The third-order valence-electron chi connectivity index (χ3n) is 6.47. The Balaban J connectivity index is 1.47. The van der Waals surface area contributed by atoms with Gasteiger partial charge in [-0.3, -0.25) is 0 Å². The van der Waals surface area contributed by atoms with Crippen molar-refractivity contribution in [3.05, 3.63) is 72.1 Å². The predicted molar refractivity (Wildman–Crippen MR) is 103 cm³/mol. The molecule has 2 aromatic carbocycles. The third-order valence-corrected chi connectivity index (χ3v) is 6.47. The summed E-state index contributed by atoms with van der Waals surface area (Å²) in [7, 11) is 0. The number of rotatable bonds is 3. The maximum atomic E-state index is 13.1. The summed E-state index contributed by atoms with van der Waals surface area (Å²) in [6.45, 7) is 3.97. The fourth-order valence-corrected chi connectivity index (χ4v) is 4.86. The molecule has 130 valence electrons. The van der Waals surface area contributed by atoms with Crippen molar-refractivity contribution in [3.63, 3.8) is 0 Å². The average molecular weight is 334 g/mol. The van der Waals surface area contributed by atoms with Crippen LogP contribution < -0.4 is 0 Å². The Morgan fingerprint density at radius 1 is 0.800 bits per heavy atom. The van der Waals surface area contributed by atoms with E-state index in [0.29, 0.717) is 0 Å². The highest BCUT2D eigenvalue weighted by atomic mass is 19.1. The van der Waals surface area contributed by atoms with Gasteiger partial charge in [0, 0.05) is 0 Å². The summed E-state index contributed by atoms with van der Waals surface area (Å²) >= 11 is 0. The molecule has 25 heavy (non-hydrogen) atoms. The summed E-state index contributed by atoms with van der Waals surface area (Å²) in [4.78, 5) is 0. The molecule has 1 unspecified atom stereocenters. The Bertz CT molecular complexity index is 735. The van der Waals surface area contributed by atoms with Gasteiger partial charge in [0.2, 0.25) is 0 Å². The van der Waals surface area contributed by atoms with E-state index in [9.17, 15) is 4.39 Å². The smallest absolute Gasteiger partial charge is 0.123 e. The maximum absolute atomic E-state index is 13.1. The van der Waals surface area contributed by atoms with Crippen LogP contribution in [0.2, 0.25) is 0 Å². The van der Waals surface area contributed by atoms with Crippen LogP contribution in [0.15, 0.2) is 55.1 Å². The van der Waals surface area contributed by atoms with Crippen LogP contribution in [0.5, 0.6) is 0 Å². The van der Waals surface area contributed by atoms with Gasteiger partial charge in [0.25, 0.3) is 0 Å². The molecule has 0 nitrogen and oxygen atoms in total. The van der Waals surface area contributed by atoms with E-state index >= 15 is 0 Å². The summed E-state index contributed by atoms with van der Waals surface area (Å²) in [6.07, 6.45) is 11.3. The fourth-order valence-electron chi connectivity index (χ4n) is 4.86. The standard InChI is InChI=1S/C24H27F/c1-2-17-3-5-18(6-4-17)20-7-9-23-16-21(8-10-22(23)15-20)19-11-13-24(25)14-12-19/h2,8,10-14,16-18,20H,1,3-7,9,15H2. The van der Waals surface area contributed by atoms with E-state index in [2.05, 4.69) is 30.9 Å². The molecular weight excluding hydrogens is 307 g/mol. The first-order valence-corrected chi connectivity index (χ1v) is 9.73. The first kappa shape index (κ1) is 16.6. The van der Waals surface area contributed by atoms with Crippen molar-refractivity contribution in [1.29, 1.82) is 0 Å². The van der Waals surface area contributed by atoms with Gasteiger partial charge >= 0.3 is 0 Å². The number of aryl methyl sites for hydroxylation is 1. The summed E-state index contributed by atoms with van der Waals surface area (Å²) in [6, 6.07) is 13.7. The van der Waals surface area contributed by atoms with Gasteiger partial charge in [-0.05, 0) is 97.1 Å². The molecule has 0 aliphatic heterocycles. The molecule has 4 rings (SSSR count). The molecule has 0 N–H and O–H groups in total. The molecule has 2 aliphatic rings. The molecule has 1 atom stereocenters. The first-order valence-electron chi connectivity index (χ1n) is 9.73. The Kier molecular flexibility index (Phi) is 4.74. The molecular formula is C24H27F. The van der Waals surface area contributed by atoms with Crippen molar-refractivity contribution >= 4 is 0 Å². The number of halogens is 1. The van der Waals surface area contributed by atoms with E-state index in [1.54, 1.807) is 12.1 Å². The van der Waals surface area contributed by atoms with Gasteiger partial charge in [-0.25, -0.2) is 4.39 Å². The molecule has 2 aliphatic carbocycles. The van der Waals surface area contributed by atoms with Crippen LogP contribution in [-0.4, -0.2) is 0 Å². The van der Waals surface area contributed by atoms with Crippen LogP contribution in [0.1, 0.15) is 43.2 Å². The Labute approximate surface area is 150 Å². The Hall–Kier alpha value is -1.89. The van der Waals surface area contributed by atoms with Crippen molar-refractivity contribution in [2.24, 2.45) is 17.8 Å². The van der Waals surface area contributed by atoms with Gasteiger partial charge in [-0.2, -0.15) is 0 Å². The second-order valence-electron chi connectivity index (χ2n) is 7.90. The summed E-state index contributed by atoms with van der Waals surface area (Å²) in [5, 5.41) is 0. The minimum Gasteiger partial charge on any atom is -0.207 e. The normalized spacial score (nSPS) is 26.0. The van der Waals surface area contributed by atoms with Crippen LogP contribution in [-0.2, 0) is 12.8 Å². The first-order chi connectivity index (χ1) is 12.2. The van der Waals surface area contributed by atoms with Gasteiger partial charge in [-0.15, -0.1) is 6.58 Å². The Morgan fingerprint density at radius 3 is 2.24 bits per heavy atom. The largest absolute Gasteiger partial charge is 0.207 e. The summed E-state index contributed by atoms with van der Waals surface area (Å²) in [5.41, 5.74) is 5.35. The van der Waals surface area contributed by atoms with Crippen molar-refractivity contribution in [1.82, 2.24) is 0 Å². The average Bonchev–Trinajstić information content (AvgIpc) is 2.68. The molecule has 0 bridgehead atoms. The van der Waals surface area contributed by atoms with E-state index in [-0.39, 0.29) is 5.82 Å².